The number of nitrogens with zero attached hydrogens (tertiary/aromatic N) is 2. The van der Waals surface area contributed by atoms with Crippen LogP contribution in [0.25, 0.3) is 0 Å². The maximum atomic E-state index is 12.5. The molecule has 1 aliphatic carbocycles. The largest absolute Gasteiger partial charge is 0.449 e. The molecule has 0 bridgehead atoms. The van der Waals surface area contributed by atoms with Gasteiger partial charge in [-0.2, -0.15) is 0 Å². The summed E-state index contributed by atoms with van der Waals surface area (Å²) in [6.45, 7) is 3.57. The van der Waals surface area contributed by atoms with E-state index in [0.717, 1.165) is 38.5 Å². The minimum absolute atomic E-state index is 0.195. The average molecular weight is 476 g/mol. The molecular formula is C20H28BrClN2O4. The summed E-state index contributed by atoms with van der Waals surface area (Å²) in [5.41, 5.74) is -1.71. The molecule has 1 aromatic heterocycles. The molecule has 1 N–H and O–H groups in total. The van der Waals surface area contributed by atoms with Gasteiger partial charge in [0.05, 0.1) is 28.2 Å². The SMILES string of the molecule is CCCCOC(=O)N1CCC(O)(Cn2cc(Br)c(Cl)cc2=O)C2(CCCC2)C1. The lowest BCUT2D eigenvalue weighted by molar-refractivity contribution is -0.138. The summed E-state index contributed by atoms with van der Waals surface area (Å²) in [7, 11) is 0. The van der Waals surface area contributed by atoms with E-state index in [0.29, 0.717) is 35.6 Å². The van der Waals surface area contributed by atoms with E-state index in [2.05, 4.69) is 22.9 Å². The molecule has 1 saturated carbocycles. The molecule has 28 heavy (non-hydrogen) atoms. The predicted octanol–water partition coefficient (Wildman–Crippen LogP) is 4.20. The van der Waals surface area contributed by atoms with Crippen molar-refractivity contribution in [3.05, 3.63) is 32.1 Å². The molecule has 8 heteroatoms. The third-order valence-electron chi connectivity index (χ3n) is 6.28. The second kappa shape index (κ2) is 8.76. The average Bonchev–Trinajstić information content (AvgIpc) is 3.12. The fourth-order valence-corrected chi connectivity index (χ4v) is 5.08. The molecule has 1 saturated heterocycles. The molecular weight excluding hydrogens is 448 g/mol. The van der Waals surface area contributed by atoms with E-state index in [1.807, 2.05) is 0 Å². The van der Waals surface area contributed by atoms with Gasteiger partial charge in [-0.3, -0.25) is 4.79 Å². The van der Waals surface area contributed by atoms with E-state index < -0.39 is 11.0 Å². The van der Waals surface area contributed by atoms with Crippen molar-refractivity contribution in [3.63, 3.8) is 0 Å². The van der Waals surface area contributed by atoms with Gasteiger partial charge in [0, 0.05) is 30.8 Å². The normalized spacial score (nSPS) is 23.9. The number of ether oxygens (including phenoxy) is 1. The highest BCUT2D eigenvalue weighted by Gasteiger charge is 2.55. The molecule has 0 aromatic carbocycles. The Kier molecular flexibility index (Phi) is 6.77. The van der Waals surface area contributed by atoms with Gasteiger partial charge in [-0.05, 0) is 41.6 Å². The number of aliphatic hydroxyl groups is 1. The topological polar surface area (TPSA) is 71.8 Å². The van der Waals surface area contributed by atoms with Gasteiger partial charge in [-0.1, -0.05) is 37.8 Å². The van der Waals surface area contributed by atoms with Crippen LogP contribution < -0.4 is 5.56 Å². The number of hydrogen-bond acceptors (Lipinski definition) is 4. The smallest absolute Gasteiger partial charge is 0.409 e. The van der Waals surface area contributed by atoms with E-state index >= 15 is 0 Å². The summed E-state index contributed by atoms with van der Waals surface area (Å²) < 4.78 is 7.53. The predicted molar refractivity (Wildman–Crippen MR) is 112 cm³/mol. The summed E-state index contributed by atoms with van der Waals surface area (Å²) in [5, 5.41) is 12.0. The zero-order valence-electron chi connectivity index (χ0n) is 16.3. The number of rotatable bonds is 5. The molecule has 1 unspecified atom stereocenters. The van der Waals surface area contributed by atoms with Crippen molar-refractivity contribution in [2.45, 2.75) is 64.0 Å². The van der Waals surface area contributed by atoms with Gasteiger partial charge < -0.3 is 19.3 Å². The first-order valence-corrected chi connectivity index (χ1v) is 11.2. The molecule has 0 radical (unpaired) electrons. The second-order valence-electron chi connectivity index (χ2n) is 8.09. The minimum atomic E-state index is -1.05. The summed E-state index contributed by atoms with van der Waals surface area (Å²) >= 11 is 9.36. The van der Waals surface area contributed by atoms with E-state index in [-0.39, 0.29) is 18.2 Å². The van der Waals surface area contributed by atoms with Crippen molar-refractivity contribution in [1.82, 2.24) is 9.47 Å². The lowest BCUT2D eigenvalue weighted by Crippen LogP contribution is -2.62. The van der Waals surface area contributed by atoms with Crippen LogP contribution in [0.5, 0.6) is 0 Å². The maximum Gasteiger partial charge on any atom is 0.409 e. The summed E-state index contributed by atoms with van der Waals surface area (Å²) in [4.78, 5) is 26.6. The summed E-state index contributed by atoms with van der Waals surface area (Å²) in [5.74, 6) is 0. The molecule has 1 amide bonds. The number of piperidine rings is 1. The minimum Gasteiger partial charge on any atom is -0.449 e. The summed E-state index contributed by atoms with van der Waals surface area (Å²) in [6.07, 6.45) is 7.29. The van der Waals surface area contributed by atoms with Crippen molar-refractivity contribution in [1.29, 1.82) is 0 Å². The highest BCUT2D eigenvalue weighted by Crippen LogP contribution is 2.51. The van der Waals surface area contributed by atoms with Gasteiger partial charge in [0.1, 0.15) is 0 Å². The molecule has 1 aliphatic heterocycles. The van der Waals surface area contributed by atoms with E-state index in [9.17, 15) is 14.7 Å². The Bertz CT molecular complexity index is 778. The molecule has 156 valence electrons. The van der Waals surface area contributed by atoms with Crippen LogP contribution in [-0.4, -0.2) is 46.0 Å². The van der Waals surface area contributed by atoms with E-state index in [4.69, 9.17) is 16.3 Å². The molecule has 2 fully saturated rings. The van der Waals surface area contributed by atoms with Crippen LogP contribution in [0.15, 0.2) is 21.5 Å². The number of unbranched alkanes of at least 4 members (excludes halogenated alkanes) is 1. The Morgan fingerprint density at radius 2 is 2.07 bits per heavy atom. The van der Waals surface area contributed by atoms with Crippen LogP contribution in [0.4, 0.5) is 4.79 Å². The number of carbonyl (C=O) groups excluding carboxylic acids is 1. The Labute approximate surface area is 178 Å². The second-order valence-corrected chi connectivity index (χ2v) is 9.36. The Morgan fingerprint density at radius 1 is 1.36 bits per heavy atom. The number of pyridine rings is 1. The molecule has 1 aromatic rings. The highest BCUT2D eigenvalue weighted by atomic mass is 79.9. The first kappa shape index (κ1) is 21.7. The van der Waals surface area contributed by atoms with Crippen LogP contribution in [0.1, 0.15) is 51.9 Å². The lowest BCUT2D eigenvalue weighted by atomic mass is 9.66. The van der Waals surface area contributed by atoms with Crippen LogP contribution >= 0.6 is 27.5 Å². The number of hydrogen-bond donors (Lipinski definition) is 1. The van der Waals surface area contributed by atoms with Gasteiger partial charge >= 0.3 is 6.09 Å². The molecule has 2 heterocycles. The van der Waals surface area contributed by atoms with E-state index in [1.54, 1.807) is 11.1 Å². The monoisotopic (exact) mass is 474 g/mol. The number of aromatic nitrogens is 1. The maximum absolute atomic E-state index is 12.5. The first-order valence-electron chi connectivity index (χ1n) is 10.00. The Balaban J connectivity index is 1.81. The van der Waals surface area contributed by atoms with Gasteiger partial charge in [-0.25, -0.2) is 4.79 Å². The van der Waals surface area contributed by atoms with Crippen molar-refractivity contribution in [3.8, 4) is 0 Å². The molecule has 1 atom stereocenters. The van der Waals surface area contributed by atoms with Crippen LogP contribution in [0, 0.1) is 5.41 Å². The fraction of sp³-hybridized carbons (Fsp3) is 0.700. The summed E-state index contributed by atoms with van der Waals surface area (Å²) in [6, 6.07) is 1.36. The van der Waals surface area contributed by atoms with Crippen LogP contribution in [0.3, 0.4) is 0 Å². The van der Waals surface area contributed by atoms with Gasteiger partial charge in [0.25, 0.3) is 5.56 Å². The molecule has 3 rings (SSSR count). The third kappa shape index (κ3) is 4.26. The van der Waals surface area contributed by atoms with Gasteiger partial charge in [0.15, 0.2) is 0 Å². The first-order chi connectivity index (χ1) is 13.3. The Morgan fingerprint density at radius 3 is 2.75 bits per heavy atom. The van der Waals surface area contributed by atoms with Gasteiger partial charge in [-0.15, -0.1) is 0 Å². The third-order valence-corrected chi connectivity index (χ3v) is 7.45. The van der Waals surface area contributed by atoms with Crippen molar-refractivity contribution in [2.24, 2.45) is 5.41 Å². The number of likely N-dealkylation sites (tertiary alicyclic amines) is 1. The number of carbonyl (C=O) groups is 1. The quantitative estimate of drug-likeness (QED) is 0.648. The Hall–Kier alpha value is -1.05. The van der Waals surface area contributed by atoms with Crippen molar-refractivity contribution in [2.75, 3.05) is 19.7 Å². The standard InChI is InChI=1S/C20H28BrClN2O4/c1-2-3-10-28-18(26)23-9-8-20(27,19(13-23)6-4-5-7-19)14-24-12-15(21)16(22)11-17(24)25/h11-12,27H,2-10,13-14H2,1H3. The number of halogens is 2. The zero-order chi connectivity index (χ0) is 20.4. The van der Waals surface area contributed by atoms with Gasteiger partial charge in [0.2, 0.25) is 0 Å². The molecule has 2 aliphatic rings. The fourth-order valence-electron chi connectivity index (χ4n) is 4.58. The molecule has 1 spiro atoms. The highest BCUT2D eigenvalue weighted by molar-refractivity contribution is 9.10. The molecule has 6 nitrogen and oxygen atoms in total. The van der Waals surface area contributed by atoms with Crippen molar-refractivity contribution < 1.29 is 14.6 Å². The van der Waals surface area contributed by atoms with Crippen LogP contribution in [-0.2, 0) is 11.3 Å². The van der Waals surface area contributed by atoms with E-state index in [1.165, 1.54) is 10.6 Å². The van der Waals surface area contributed by atoms with Crippen LogP contribution in [0.2, 0.25) is 5.02 Å². The lowest BCUT2D eigenvalue weighted by Gasteiger charge is -2.52. The zero-order valence-corrected chi connectivity index (χ0v) is 18.6. The number of amides is 1. The van der Waals surface area contributed by atoms with Crippen molar-refractivity contribution >= 4 is 33.6 Å².